The summed E-state index contributed by atoms with van der Waals surface area (Å²) in [5, 5.41) is 11.1. The Morgan fingerprint density at radius 3 is 2.66 bits per heavy atom. The van der Waals surface area contributed by atoms with Crippen LogP contribution in [0.1, 0.15) is 40.7 Å². The van der Waals surface area contributed by atoms with Gasteiger partial charge in [-0.15, -0.1) is 0 Å². The van der Waals surface area contributed by atoms with Gasteiger partial charge in [-0.2, -0.15) is 13.2 Å². The van der Waals surface area contributed by atoms with Gasteiger partial charge in [0.25, 0.3) is 11.6 Å². The van der Waals surface area contributed by atoms with Crippen LogP contribution in [0.4, 0.5) is 18.9 Å². The van der Waals surface area contributed by atoms with Crippen molar-refractivity contribution in [1.29, 1.82) is 0 Å². The minimum Gasteiger partial charge on any atom is -0.438 e. The van der Waals surface area contributed by atoms with Crippen molar-refractivity contribution < 1.29 is 27.3 Å². The molecule has 0 N–H and O–H groups in total. The number of amides is 1. The van der Waals surface area contributed by atoms with Gasteiger partial charge in [-0.1, -0.05) is 30.3 Å². The molecule has 0 radical (unpaired) electrons. The Balaban J connectivity index is 1.47. The maximum Gasteiger partial charge on any atom is 0.417 e. The molecule has 7 nitrogen and oxygen atoms in total. The summed E-state index contributed by atoms with van der Waals surface area (Å²) in [4.78, 5) is 29.7. The van der Waals surface area contributed by atoms with Gasteiger partial charge in [0.15, 0.2) is 5.58 Å². The Morgan fingerprint density at radius 2 is 1.89 bits per heavy atom. The summed E-state index contributed by atoms with van der Waals surface area (Å²) in [5.74, 6) is -0.101. The molecule has 1 aliphatic heterocycles. The third kappa shape index (κ3) is 4.23. The summed E-state index contributed by atoms with van der Waals surface area (Å²) in [7, 11) is 0. The fraction of sp³-hybridized carbons (Fsp3) is 0.200. The van der Waals surface area contributed by atoms with Crippen LogP contribution >= 0.6 is 0 Å². The number of nitro groups is 1. The van der Waals surface area contributed by atoms with Crippen molar-refractivity contribution in [2.24, 2.45) is 0 Å². The first-order valence-corrected chi connectivity index (χ1v) is 10.8. The van der Waals surface area contributed by atoms with E-state index < -0.39 is 22.7 Å². The normalized spacial score (nSPS) is 16.1. The largest absolute Gasteiger partial charge is 0.438 e. The van der Waals surface area contributed by atoms with Crippen molar-refractivity contribution in [3.05, 3.63) is 93.9 Å². The number of nitro benzene ring substituents is 1. The standard InChI is InChI=1S/C25H18F3N3O4/c26-25(27,28)19-8-2-1-7-18(19)15-10-11-22-20(14-15)29-23(35-22)21-9-4-12-30(21)24(32)16-5-3-6-17(13-16)31(33)34/h1-3,5-8,10-11,13-14,21H,4,9,12H2. The van der Waals surface area contributed by atoms with Crippen LogP contribution < -0.4 is 0 Å². The van der Waals surface area contributed by atoms with Crippen LogP contribution in [0.5, 0.6) is 0 Å². The maximum absolute atomic E-state index is 13.5. The molecule has 0 aliphatic carbocycles. The first-order valence-electron chi connectivity index (χ1n) is 10.8. The number of oxazole rings is 1. The van der Waals surface area contributed by atoms with Crippen LogP contribution in [0.25, 0.3) is 22.2 Å². The van der Waals surface area contributed by atoms with E-state index in [9.17, 15) is 28.1 Å². The van der Waals surface area contributed by atoms with Gasteiger partial charge in [-0.3, -0.25) is 14.9 Å². The molecule has 0 spiro atoms. The molecule has 0 bridgehead atoms. The van der Waals surface area contributed by atoms with Crippen LogP contribution in [0.3, 0.4) is 0 Å². The van der Waals surface area contributed by atoms with E-state index >= 15 is 0 Å². The van der Waals surface area contributed by atoms with Crippen LogP contribution in [-0.2, 0) is 6.18 Å². The highest BCUT2D eigenvalue weighted by Gasteiger charge is 2.35. The predicted molar refractivity (Wildman–Crippen MR) is 121 cm³/mol. The third-order valence-electron chi connectivity index (χ3n) is 6.05. The lowest BCUT2D eigenvalue weighted by Crippen LogP contribution is -2.30. The van der Waals surface area contributed by atoms with E-state index in [-0.39, 0.29) is 28.6 Å². The Kier molecular flexibility index (Phi) is 5.50. The molecular formula is C25H18F3N3O4. The number of aromatic nitrogens is 1. The lowest BCUT2D eigenvalue weighted by Gasteiger charge is -2.22. The van der Waals surface area contributed by atoms with Crippen molar-refractivity contribution in [3.63, 3.8) is 0 Å². The molecule has 4 aromatic rings. The van der Waals surface area contributed by atoms with Crippen LogP contribution in [0, 0.1) is 10.1 Å². The van der Waals surface area contributed by atoms with Gasteiger partial charge in [-0.05, 0) is 48.2 Å². The lowest BCUT2D eigenvalue weighted by atomic mass is 9.99. The van der Waals surface area contributed by atoms with Gasteiger partial charge < -0.3 is 9.32 Å². The number of carbonyl (C=O) groups is 1. The van der Waals surface area contributed by atoms with Crippen molar-refractivity contribution in [1.82, 2.24) is 9.88 Å². The van der Waals surface area contributed by atoms with Crippen LogP contribution in [0.2, 0.25) is 0 Å². The summed E-state index contributed by atoms with van der Waals surface area (Å²) in [6.07, 6.45) is -3.23. The summed E-state index contributed by atoms with van der Waals surface area (Å²) in [6.45, 7) is 0.426. The molecule has 1 fully saturated rings. The number of nitrogens with zero attached hydrogens (tertiary/aromatic N) is 3. The number of alkyl halides is 3. The van der Waals surface area contributed by atoms with E-state index in [0.29, 0.717) is 36.0 Å². The molecule has 1 amide bonds. The molecule has 1 saturated heterocycles. The smallest absolute Gasteiger partial charge is 0.417 e. The molecule has 2 heterocycles. The average molecular weight is 481 g/mol. The first-order chi connectivity index (χ1) is 16.7. The first kappa shape index (κ1) is 22.6. The average Bonchev–Trinajstić information content (AvgIpc) is 3.49. The number of benzene rings is 3. The molecule has 10 heteroatoms. The molecule has 35 heavy (non-hydrogen) atoms. The second kappa shape index (κ2) is 8.53. The van der Waals surface area contributed by atoms with Gasteiger partial charge in [0, 0.05) is 24.2 Å². The zero-order valence-electron chi connectivity index (χ0n) is 18.2. The molecule has 5 rings (SSSR count). The minimum absolute atomic E-state index is 0.0368. The molecule has 1 aromatic heterocycles. The fourth-order valence-corrected chi connectivity index (χ4v) is 4.42. The van der Waals surface area contributed by atoms with Gasteiger partial charge >= 0.3 is 6.18 Å². The number of fused-ring (bicyclic) bond motifs is 1. The van der Waals surface area contributed by atoms with Crippen LogP contribution in [0.15, 0.2) is 71.1 Å². The maximum atomic E-state index is 13.5. The van der Waals surface area contributed by atoms with Crippen molar-refractivity contribution >= 4 is 22.7 Å². The van der Waals surface area contributed by atoms with Crippen LogP contribution in [-0.4, -0.2) is 27.3 Å². The van der Waals surface area contributed by atoms with E-state index in [1.807, 2.05) is 0 Å². The van der Waals surface area contributed by atoms with Gasteiger partial charge in [0.1, 0.15) is 11.6 Å². The number of halogens is 3. The Morgan fingerprint density at radius 1 is 1.09 bits per heavy atom. The van der Waals surface area contributed by atoms with E-state index in [4.69, 9.17) is 4.42 Å². The SMILES string of the molecule is O=C(c1cccc([N+](=O)[O-])c1)N1CCCC1c1nc2cc(-c3ccccc3C(F)(F)F)ccc2o1. The molecule has 1 unspecified atom stereocenters. The zero-order chi connectivity index (χ0) is 24.7. The number of non-ortho nitro benzene ring substituents is 1. The lowest BCUT2D eigenvalue weighted by molar-refractivity contribution is -0.384. The van der Waals surface area contributed by atoms with Gasteiger partial charge in [-0.25, -0.2) is 4.98 Å². The van der Waals surface area contributed by atoms with Crippen molar-refractivity contribution in [3.8, 4) is 11.1 Å². The number of carbonyl (C=O) groups excluding carboxylic acids is 1. The monoisotopic (exact) mass is 481 g/mol. The molecule has 178 valence electrons. The van der Waals surface area contributed by atoms with Gasteiger partial charge in [0.05, 0.1) is 10.5 Å². The Hall–Kier alpha value is -4.21. The zero-order valence-corrected chi connectivity index (χ0v) is 18.2. The highest BCUT2D eigenvalue weighted by molar-refractivity contribution is 5.95. The Bertz CT molecular complexity index is 1450. The third-order valence-corrected chi connectivity index (χ3v) is 6.05. The van der Waals surface area contributed by atoms with E-state index in [0.717, 1.165) is 6.07 Å². The molecule has 1 aliphatic rings. The highest BCUT2D eigenvalue weighted by atomic mass is 19.4. The summed E-state index contributed by atoms with van der Waals surface area (Å²) in [6, 6.07) is 15.0. The number of hydrogen-bond acceptors (Lipinski definition) is 5. The number of rotatable bonds is 4. The van der Waals surface area contributed by atoms with Crippen molar-refractivity contribution in [2.45, 2.75) is 25.1 Å². The number of hydrogen-bond donors (Lipinski definition) is 0. The quantitative estimate of drug-likeness (QED) is 0.249. The minimum atomic E-state index is -4.50. The molecule has 3 aromatic carbocycles. The predicted octanol–water partition coefficient (Wildman–Crippen LogP) is 6.40. The topological polar surface area (TPSA) is 89.5 Å². The highest BCUT2D eigenvalue weighted by Crippen LogP contribution is 2.39. The molecule has 0 saturated carbocycles. The summed E-state index contributed by atoms with van der Waals surface area (Å²) < 4.78 is 46.3. The van der Waals surface area contributed by atoms with Crippen molar-refractivity contribution in [2.75, 3.05) is 6.54 Å². The number of likely N-dealkylation sites (tertiary alicyclic amines) is 1. The van der Waals surface area contributed by atoms with E-state index in [1.54, 1.807) is 23.1 Å². The Labute approximate surface area is 196 Å². The van der Waals surface area contributed by atoms with E-state index in [2.05, 4.69) is 4.98 Å². The fourth-order valence-electron chi connectivity index (χ4n) is 4.42. The second-order valence-corrected chi connectivity index (χ2v) is 8.24. The molecular weight excluding hydrogens is 463 g/mol. The molecule has 1 atom stereocenters. The second-order valence-electron chi connectivity index (χ2n) is 8.24. The summed E-state index contributed by atoms with van der Waals surface area (Å²) in [5.41, 5.74) is 0.420. The van der Waals surface area contributed by atoms with E-state index in [1.165, 1.54) is 42.5 Å². The van der Waals surface area contributed by atoms with Gasteiger partial charge in [0.2, 0.25) is 5.89 Å². The summed E-state index contributed by atoms with van der Waals surface area (Å²) >= 11 is 0.